The van der Waals surface area contributed by atoms with Gasteiger partial charge in [-0.05, 0) is 58.7 Å². The standard InChI is InChI=1S/C37H21NOS/c38-22-33-31(23-9-2-1-3-10-23)19-25(26-13-8-14-30-29-12-5-7-16-36(29)40-37(26)30)20-32(33)24-17-18-28-27-11-4-6-15-34(27)39-35(28)21-24/h1-21H. The minimum absolute atomic E-state index is 0.661. The molecule has 186 valence electrons. The van der Waals surface area contributed by atoms with E-state index in [1.807, 2.05) is 47.7 Å². The first-order valence-electron chi connectivity index (χ1n) is 13.2. The summed E-state index contributed by atoms with van der Waals surface area (Å²) in [5.41, 5.74) is 8.43. The maximum Gasteiger partial charge on any atom is 0.136 e. The highest BCUT2D eigenvalue weighted by Crippen LogP contribution is 2.43. The fraction of sp³-hybridized carbons (Fsp3) is 0. The van der Waals surface area contributed by atoms with Crippen molar-refractivity contribution in [3.63, 3.8) is 0 Å². The molecule has 2 heterocycles. The minimum Gasteiger partial charge on any atom is -0.456 e. The molecule has 0 aliphatic heterocycles. The number of thiophene rings is 1. The van der Waals surface area contributed by atoms with E-state index in [0.29, 0.717) is 5.56 Å². The van der Waals surface area contributed by atoms with Crippen LogP contribution in [0, 0.1) is 11.3 Å². The van der Waals surface area contributed by atoms with Crippen LogP contribution in [0.5, 0.6) is 0 Å². The topological polar surface area (TPSA) is 36.9 Å². The van der Waals surface area contributed by atoms with Gasteiger partial charge in [-0.25, -0.2) is 0 Å². The van der Waals surface area contributed by atoms with Crippen LogP contribution < -0.4 is 0 Å². The van der Waals surface area contributed by atoms with Gasteiger partial charge in [-0.3, -0.25) is 0 Å². The number of benzene rings is 6. The zero-order valence-corrected chi connectivity index (χ0v) is 22.2. The largest absolute Gasteiger partial charge is 0.456 e. The van der Waals surface area contributed by atoms with Crippen LogP contribution >= 0.6 is 11.3 Å². The van der Waals surface area contributed by atoms with E-state index in [-0.39, 0.29) is 0 Å². The number of rotatable bonds is 3. The maximum atomic E-state index is 10.5. The van der Waals surface area contributed by atoms with Crippen LogP contribution in [0.1, 0.15) is 5.56 Å². The second-order valence-corrected chi connectivity index (χ2v) is 11.1. The van der Waals surface area contributed by atoms with Gasteiger partial charge in [-0.1, -0.05) is 91.0 Å². The second kappa shape index (κ2) is 8.95. The highest BCUT2D eigenvalue weighted by Gasteiger charge is 2.18. The third-order valence-electron chi connectivity index (χ3n) is 7.74. The molecule has 0 unspecified atom stereocenters. The van der Waals surface area contributed by atoms with Gasteiger partial charge in [-0.2, -0.15) is 5.26 Å². The zero-order valence-electron chi connectivity index (χ0n) is 21.4. The lowest BCUT2D eigenvalue weighted by Crippen LogP contribution is -1.93. The Morgan fingerprint density at radius 3 is 2.05 bits per heavy atom. The summed E-state index contributed by atoms with van der Waals surface area (Å²) in [6.07, 6.45) is 0. The molecule has 0 bridgehead atoms. The van der Waals surface area contributed by atoms with Crippen LogP contribution in [0.15, 0.2) is 132 Å². The molecule has 8 rings (SSSR count). The zero-order chi connectivity index (χ0) is 26.6. The third kappa shape index (κ3) is 3.48. The summed E-state index contributed by atoms with van der Waals surface area (Å²) in [6.45, 7) is 0. The summed E-state index contributed by atoms with van der Waals surface area (Å²) >= 11 is 1.82. The molecule has 0 amide bonds. The number of fused-ring (bicyclic) bond motifs is 6. The molecule has 40 heavy (non-hydrogen) atoms. The third-order valence-corrected chi connectivity index (χ3v) is 8.96. The summed E-state index contributed by atoms with van der Waals surface area (Å²) in [4.78, 5) is 0. The molecule has 0 saturated carbocycles. The molecule has 2 nitrogen and oxygen atoms in total. The predicted molar refractivity (Wildman–Crippen MR) is 168 cm³/mol. The summed E-state index contributed by atoms with van der Waals surface area (Å²) in [5, 5.41) is 15.2. The van der Waals surface area contributed by atoms with Gasteiger partial charge in [-0.15, -0.1) is 11.3 Å². The number of furan rings is 1. The molecule has 0 N–H and O–H groups in total. The van der Waals surface area contributed by atoms with E-state index in [0.717, 1.165) is 49.8 Å². The fourth-order valence-corrected chi connectivity index (χ4v) is 7.10. The van der Waals surface area contributed by atoms with Crippen LogP contribution in [0.25, 0.3) is 75.5 Å². The Labute approximate surface area is 235 Å². The van der Waals surface area contributed by atoms with E-state index in [9.17, 15) is 5.26 Å². The summed E-state index contributed by atoms with van der Waals surface area (Å²) < 4.78 is 8.76. The van der Waals surface area contributed by atoms with E-state index < -0.39 is 0 Å². The lowest BCUT2D eigenvalue weighted by molar-refractivity contribution is 0.669. The Morgan fingerprint density at radius 1 is 0.500 bits per heavy atom. The summed E-state index contributed by atoms with van der Waals surface area (Å²) in [5.74, 6) is 0. The molecule has 0 spiro atoms. The predicted octanol–water partition coefficient (Wildman–Crippen LogP) is 10.8. The van der Waals surface area contributed by atoms with Gasteiger partial charge < -0.3 is 4.42 Å². The first-order chi connectivity index (χ1) is 19.8. The van der Waals surface area contributed by atoms with Crippen LogP contribution in [0.4, 0.5) is 0 Å². The minimum atomic E-state index is 0.661. The van der Waals surface area contributed by atoms with E-state index in [1.165, 1.54) is 25.7 Å². The molecule has 8 aromatic rings. The number of nitriles is 1. The molecular weight excluding hydrogens is 506 g/mol. The van der Waals surface area contributed by atoms with Crippen molar-refractivity contribution >= 4 is 53.4 Å². The molecular formula is C37H21NOS. The first kappa shape index (κ1) is 22.8. The Hall–Kier alpha value is -5.17. The summed E-state index contributed by atoms with van der Waals surface area (Å²) in [7, 11) is 0. The average molecular weight is 528 g/mol. The van der Waals surface area contributed by atoms with E-state index in [2.05, 4.69) is 97.1 Å². The second-order valence-electron chi connectivity index (χ2n) is 10.0. The van der Waals surface area contributed by atoms with Gasteiger partial charge >= 0.3 is 0 Å². The number of para-hydroxylation sites is 1. The van der Waals surface area contributed by atoms with Crippen molar-refractivity contribution in [2.24, 2.45) is 0 Å². The monoisotopic (exact) mass is 527 g/mol. The molecule has 6 aromatic carbocycles. The normalized spacial score (nSPS) is 11.5. The van der Waals surface area contributed by atoms with Crippen molar-refractivity contribution in [3.8, 4) is 39.4 Å². The van der Waals surface area contributed by atoms with Gasteiger partial charge in [0.25, 0.3) is 0 Å². The van der Waals surface area contributed by atoms with Gasteiger partial charge in [0.05, 0.1) is 5.56 Å². The lowest BCUT2D eigenvalue weighted by atomic mass is 9.88. The Bertz CT molecular complexity index is 2280. The Morgan fingerprint density at radius 2 is 1.20 bits per heavy atom. The van der Waals surface area contributed by atoms with Crippen molar-refractivity contribution in [2.75, 3.05) is 0 Å². The number of nitrogens with zero attached hydrogens (tertiary/aromatic N) is 1. The van der Waals surface area contributed by atoms with Gasteiger partial charge in [0.2, 0.25) is 0 Å². The van der Waals surface area contributed by atoms with Crippen molar-refractivity contribution < 1.29 is 4.42 Å². The van der Waals surface area contributed by atoms with Crippen molar-refractivity contribution in [1.82, 2.24) is 0 Å². The highest BCUT2D eigenvalue weighted by molar-refractivity contribution is 7.26. The Kier molecular flexibility index (Phi) is 5.10. The van der Waals surface area contributed by atoms with Crippen molar-refractivity contribution in [3.05, 3.63) is 133 Å². The molecule has 0 saturated heterocycles. The molecule has 0 aliphatic carbocycles. The SMILES string of the molecule is N#Cc1c(-c2ccccc2)cc(-c2cccc3c2sc2ccccc23)cc1-c1ccc2c(c1)oc1ccccc12. The van der Waals surface area contributed by atoms with Crippen molar-refractivity contribution in [2.45, 2.75) is 0 Å². The van der Waals surface area contributed by atoms with Crippen LogP contribution in [0.3, 0.4) is 0 Å². The van der Waals surface area contributed by atoms with Crippen molar-refractivity contribution in [1.29, 1.82) is 5.26 Å². The molecule has 0 aliphatic rings. The maximum absolute atomic E-state index is 10.5. The first-order valence-corrected chi connectivity index (χ1v) is 14.1. The van der Waals surface area contributed by atoms with E-state index in [4.69, 9.17) is 4.42 Å². The van der Waals surface area contributed by atoms with E-state index >= 15 is 0 Å². The lowest BCUT2D eigenvalue weighted by Gasteiger charge is -2.15. The van der Waals surface area contributed by atoms with Gasteiger partial charge in [0.15, 0.2) is 0 Å². The van der Waals surface area contributed by atoms with Gasteiger partial charge in [0.1, 0.15) is 17.2 Å². The molecule has 3 heteroatoms. The van der Waals surface area contributed by atoms with Gasteiger partial charge in [0, 0.05) is 42.1 Å². The Balaban J connectivity index is 1.43. The molecule has 2 aromatic heterocycles. The van der Waals surface area contributed by atoms with Crippen LogP contribution in [-0.2, 0) is 0 Å². The highest BCUT2D eigenvalue weighted by atomic mass is 32.1. The number of hydrogen-bond donors (Lipinski definition) is 0. The average Bonchev–Trinajstić information content (AvgIpc) is 3.59. The molecule has 0 atom stereocenters. The quantitative estimate of drug-likeness (QED) is 0.229. The number of hydrogen-bond acceptors (Lipinski definition) is 3. The molecule has 0 radical (unpaired) electrons. The smallest absolute Gasteiger partial charge is 0.136 e. The summed E-state index contributed by atoms with van der Waals surface area (Å²) in [6, 6.07) is 46.6. The van der Waals surface area contributed by atoms with Crippen LogP contribution in [0.2, 0.25) is 0 Å². The molecule has 0 fully saturated rings. The van der Waals surface area contributed by atoms with Crippen LogP contribution in [-0.4, -0.2) is 0 Å². The van der Waals surface area contributed by atoms with E-state index in [1.54, 1.807) is 0 Å². The fourth-order valence-electron chi connectivity index (χ4n) is 5.86.